The van der Waals surface area contributed by atoms with Crippen molar-refractivity contribution in [1.82, 2.24) is 4.90 Å². The van der Waals surface area contributed by atoms with Crippen LogP contribution in [0.25, 0.3) is 0 Å². The van der Waals surface area contributed by atoms with Crippen molar-refractivity contribution in [3.63, 3.8) is 0 Å². The fourth-order valence-electron chi connectivity index (χ4n) is 3.81. The van der Waals surface area contributed by atoms with Gasteiger partial charge in [-0.15, -0.1) is 0 Å². The number of methoxy groups -OCH3 is 1. The first kappa shape index (κ1) is 20.7. The Hall–Kier alpha value is -2.99. The van der Waals surface area contributed by atoms with E-state index in [1.807, 2.05) is 51.4 Å². The molecule has 0 saturated carbocycles. The second-order valence-corrected chi connectivity index (χ2v) is 7.70. The van der Waals surface area contributed by atoms with Crippen LogP contribution in [0, 0.1) is 12.8 Å². The van der Waals surface area contributed by atoms with E-state index in [0.717, 1.165) is 16.0 Å². The van der Waals surface area contributed by atoms with E-state index in [2.05, 4.69) is 0 Å². The molecule has 1 saturated heterocycles. The number of ether oxygens (including phenoxy) is 1. The molecule has 2 atom stereocenters. The Balaban J connectivity index is 2.02. The van der Waals surface area contributed by atoms with Crippen LogP contribution >= 0.6 is 0 Å². The Morgan fingerprint density at radius 3 is 2.38 bits per heavy atom. The Kier molecular flexibility index (Phi) is 6.13. The van der Waals surface area contributed by atoms with Gasteiger partial charge in [0.05, 0.1) is 40.3 Å². The molecule has 0 aromatic heterocycles. The summed E-state index contributed by atoms with van der Waals surface area (Å²) in [6.45, 7) is 2.95. The van der Waals surface area contributed by atoms with E-state index in [4.69, 9.17) is 4.74 Å². The summed E-state index contributed by atoms with van der Waals surface area (Å²) in [5.41, 5.74) is 2.01. The number of Topliss-reactive ketones (excluding diaryl/α,β-unsaturated/α-hetero) is 2. The topological polar surface area (TPSA) is 68.1 Å². The van der Waals surface area contributed by atoms with Crippen LogP contribution in [0.3, 0.4) is 0 Å². The van der Waals surface area contributed by atoms with Gasteiger partial charge in [-0.3, -0.25) is 14.4 Å². The number of carbonyl (C=O) groups is 3. The number of aryl methyl sites for hydroxylation is 1. The highest BCUT2D eigenvalue weighted by molar-refractivity contribution is 6.44. The van der Waals surface area contributed by atoms with Gasteiger partial charge < -0.3 is 14.5 Å². The number of nitrogens with zero attached hydrogens (tertiary/aromatic N) is 1. The van der Waals surface area contributed by atoms with Gasteiger partial charge in [0, 0.05) is 5.56 Å². The first-order valence-electron chi connectivity index (χ1n) is 9.72. The monoisotopic (exact) mass is 395 g/mol. The number of rotatable bonds is 7. The summed E-state index contributed by atoms with van der Waals surface area (Å²) in [7, 11) is 5.55. The van der Waals surface area contributed by atoms with E-state index in [0.29, 0.717) is 24.4 Å². The average molecular weight is 395 g/mol. The zero-order chi connectivity index (χ0) is 21.1. The number of hydrogen-bond donors (Lipinski definition) is 1. The minimum atomic E-state index is -1.05. The molecule has 1 aliphatic rings. The fraction of sp³-hybridized carbons (Fsp3) is 0.348. The Morgan fingerprint density at radius 1 is 1.10 bits per heavy atom. The average Bonchev–Trinajstić information content (AvgIpc) is 2.97. The number of nitrogens with one attached hydrogen (secondary N) is 1. The SMILES string of the molecule is COc1ccc(C(=O)C2C(=O)C(=O)N(CC[NH+](C)C)C2c2ccccc2)cc1C. The summed E-state index contributed by atoms with van der Waals surface area (Å²) in [6.07, 6.45) is 0. The van der Waals surface area contributed by atoms with Gasteiger partial charge in [-0.25, -0.2) is 0 Å². The van der Waals surface area contributed by atoms with Crippen LogP contribution in [0.15, 0.2) is 48.5 Å². The summed E-state index contributed by atoms with van der Waals surface area (Å²) in [5.74, 6) is -1.92. The molecule has 2 aromatic carbocycles. The standard InChI is InChI=1S/C23H26N2O4/c1-15-14-17(10-11-18(15)29-4)21(26)19-20(16-8-6-5-7-9-16)25(13-12-24(2)3)23(28)22(19)27/h5-11,14,19-20H,12-13H2,1-4H3/p+1. The third-order valence-electron chi connectivity index (χ3n) is 5.36. The van der Waals surface area contributed by atoms with E-state index < -0.39 is 23.7 Å². The maximum atomic E-state index is 13.4. The van der Waals surface area contributed by atoms with Gasteiger partial charge in [-0.1, -0.05) is 30.3 Å². The van der Waals surface area contributed by atoms with Crippen LogP contribution in [-0.4, -0.2) is 56.7 Å². The lowest BCUT2D eigenvalue weighted by Crippen LogP contribution is -3.06. The predicted molar refractivity (Wildman–Crippen MR) is 109 cm³/mol. The van der Waals surface area contributed by atoms with Crippen molar-refractivity contribution in [3.05, 3.63) is 65.2 Å². The highest BCUT2D eigenvalue weighted by Gasteiger charge is 2.51. The Morgan fingerprint density at radius 2 is 1.79 bits per heavy atom. The fourth-order valence-corrected chi connectivity index (χ4v) is 3.81. The largest absolute Gasteiger partial charge is 0.496 e. The van der Waals surface area contributed by atoms with Crippen molar-refractivity contribution in [2.24, 2.45) is 5.92 Å². The maximum Gasteiger partial charge on any atom is 0.291 e. The van der Waals surface area contributed by atoms with Crippen LogP contribution in [0.2, 0.25) is 0 Å². The Labute approximate surface area is 171 Å². The van der Waals surface area contributed by atoms with Crippen LogP contribution in [0.5, 0.6) is 5.75 Å². The van der Waals surface area contributed by atoms with Gasteiger partial charge in [0.25, 0.3) is 5.91 Å². The van der Waals surface area contributed by atoms with Crippen molar-refractivity contribution >= 4 is 17.5 Å². The quantitative estimate of drug-likeness (QED) is 0.433. The molecule has 29 heavy (non-hydrogen) atoms. The molecule has 1 fully saturated rings. The van der Waals surface area contributed by atoms with E-state index in [-0.39, 0.29) is 5.78 Å². The van der Waals surface area contributed by atoms with E-state index in [1.54, 1.807) is 30.2 Å². The first-order chi connectivity index (χ1) is 13.8. The zero-order valence-corrected chi connectivity index (χ0v) is 17.3. The van der Waals surface area contributed by atoms with Crippen molar-refractivity contribution < 1.29 is 24.0 Å². The molecule has 1 aliphatic heterocycles. The Bertz CT molecular complexity index is 924. The number of carbonyl (C=O) groups excluding carboxylic acids is 3. The lowest BCUT2D eigenvalue weighted by Gasteiger charge is -2.27. The lowest BCUT2D eigenvalue weighted by atomic mass is 9.86. The highest BCUT2D eigenvalue weighted by atomic mass is 16.5. The molecule has 0 radical (unpaired) electrons. The normalized spacial score (nSPS) is 19.1. The molecule has 1 amide bonds. The number of ketones is 2. The van der Waals surface area contributed by atoms with Crippen LogP contribution in [0.1, 0.15) is 27.5 Å². The van der Waals surface area contributed by atoms with Gasteiger partial charge in [-0.05, 0) is 36.2 Å². The van der Waals surface area contributed by atoms with Gasteiger partial charge in [-0.2, -0.15) is 0 Å². The van der Waals surface area contributed by atoms with Crippen LogP contribution < -0.4 is 9.64 Å². The summed E-state index contributed by atoms with van der Waals surface area (Å²) < 4.78 is 5.26. The summed E-state index contributed by atoms with van der Waals surface area (Å²) in [4.78, 5) is 41.8. The second kappa shape index (κ2) is 8.57. The minimum absolute atomic E-state index is 0.331. The van der Waals surface area contributed by atoms with E-state index in [9.17, 15) is 14.4 Å². The smallest absolute Gasteiger partial charge is 0.291 e. The number of likely N-dealkylation sites (tertiary alicyclic amines) is 1. The molecule has 0 spiro atoms. The van der Waals surface area contributed by atoms with Gasteiger partial charge in [0.15, 0.2) is 5.78 Å². The van der Waals surface area contributed by atoms with Crippen molar-refractivity contribution in [2.45, 2.75) is 13.0 Å². The van der Waals surface area contributed by atoms with Gasteiger partial charge in [0.1, 0.15) is 11.7 Å². The third-order valence-corrected chi connectivity index (χ3v) is 5.36. The van der Waals surface area contributed by atoms with E-state index in [1.165, 1.54) is 0 Å². The molecule has 152 valence electrons. The number of amides is 1. The molecule has 6 nitrogen and oxygen atoms in total. The maximum absolute atomic E-state index is 13.4. The molecule has 0 bridgehead atoms. The third kappa shape index (κ3) is 4.07. The van der Waals surface area contributed by atoms with E-state index >= 15 is 0 Å². The summed E-state index contributed by atoms with van der Waals surface area (Å²) >= 11 is 0. The number of quaternary nitrogens is 1. The predicted octanol–water partition coefficient (Wildman–Crippen LogP) is 1.10. The molecule has 0 aliphatic carbocycles. The van der Waals surface area contributed by atoms with Gasteiger partial charge >= 0.3 is 0 Å². The van der Waals surface area contributed by atoms with Crippen LogP contribution in [0.4, 0.5) is 0 Å². The van der Waals surface area contributed by atoms with Crippen LogP contribution in [-0.2, 0) is 9.59 Å². The zero-order valence-electron chi connectivity index (χ0n) is 17.3. The second-order valence-electron chi connectivity index (χ2n) is 7.70. The summed E-state index contributed by atoms with van der Waals surface area (Å²) in [6, 6.07) is 13.8. The highest BCUT2D eigenvalue weighted by Crippen LogP contribution is 2.38. The number of hydrogen-bond acceptors (Lipinski definition) is 4. The van der Waals surface area contributed by atoms with Crippen molar-refractivity contribution in [3.8, 4) is 5.75 Å². The lowest BCUT2D eigenvalue weighted by molar-refractivity contribution is -0.857. The van der Waals surface area contributed by atoms with Crippen molar-refractivity contribution in [1.29, 1.82) is 0 Å². The molecule has 1 heterocycles. The van der Waals surface area contributed by atoms with Crippen molar-refractivity contribution in [2.75, 3.05) is 34.3 Å². The summed E-state index contributed by atoms with van der Waals surface area (Å²) in [5, 5.41) is 0. The van der Waals surface area contributed by atoms with Gasteiger partial charge in [0.2, 0.25) is 5.78 Å². The molecule has 1 N–H and O–H groups in total. The minimum Gasteiger partial charge on any atom is -0.496 e. The number of benzene rings is 2. The number of likely N-dealkylation sites (N-methyl/N-ethyl adjacent to an activating group) is 1. The molecule has 6 heteroatoms. The molecular formula is C23H27N2O4+. The molecular weight excluding hydrogens is 368 g/mol. The first-order valence-corrected chi connectivity index (χ1v) is 9.72. The molecule has 2 aromatic rings. The molecule has 3 rings (SSSR count). The molecule has 2 unspecified atom stereocenters.